The van der Waals surface area contributed by atoms with Crippen molar-refractivity contribution in [3.05, 3.63) is 0 Å². The maximum absolute atomic E-state index is 9.65. The summed E-state index contributed by atoms with van der Waals surface area (Å²) >= 11 is 0. The number of aldehydes is 1. The zero-order valence-corrected chi connectivity index (χ0v) is 5.41. The third-order valence-corrected chi connectivity index (χ3v) is 0.538. The molecule has 0 atom stereocenters. The normalized spacial score (nSPS) is 7.00. The molecule has 0 bridgehead atoms. The summed E-state index contributed by atoms with van der Waals surface area (Å²) in [5.41, 5.74) is 0. The van der Waals surface area contributed by atoms with Gasteiger partial charge in [-0.3, -0.25) is 11.7 Å². The first-order chi connectivity index (χ1) is 4.77. The highest BCUT2D eigenvalue weighted by atomic mass is 16.4. The smallest absolute Gasteiger partial charge is 0.404 e. The molecule has 0 rings (SSSR count). The number of nitrogens with one attached hydrogen (secondary N) is 1. The largest absolute Gasteiger partial charge is 0.465 e. The molecule has 0 aliphatic rings. The molecule has 60 valence electrons. The first kappa shape index (κ1) is 11.6. The molecule has 6 N–H and O–H groups in total. The van der Waals surface area contributed by atoms with Crippen LogP contribution < -0.4 is 17.0 Å². The minimum Gasteiger partial charge on any atom is -0.465 e. The van der Waals surface area contributed by atoms with Crippen LogP contribution in [0.1, 0.15) is 6.42 Å². The highest BCUT2D eigenvalue weighted by Crippen LogP contribution is 1.65. The number of carboxylic acid groups (broad SMARTS) is 1. The SMILES string of the molecule is NN.O=CCCNC(=O)O. The van der Waals surface area contributed by atoms with Crippen molar-refractivity contribution in [1.82, 2.24) is 5.32 Å². The van der Waals surface area contributed by atoms with Gasteiger partial charge < -0.3 is 15.2 Å². The fourth-order valence-electron chi connectivity index (χ4n) is 0.238. The molecule has 0 aliphatic heterocycles. The number of hydrogen-bond donors (Lipinski definition) is 4. The molecule has 0 saturated carbocycles. The van der Waals surface area contributed by atoms with E-state index < -0.39 is 6.09 Å². The maximum Gasteiger partial charge on any atom is 0.404 e. The zero-order valence-electron chi connectivity index (χ0n) is 5.41. The summed E-state index contributed by atoms with van der Waals surface area (Å²) < 4.78 is 0. The Kier molecular flexibility index (Phi) is 12.5. The molecule has 0 radical (unpaired) electrons. The lowest BCUT2D eigenvalue weighted by atomic mass is 10.5. The van der Waals surface area contributed by atoms with Crippen molar-refractivity contribution in [3.63, 3.8) is 0 Å². The van der Waals surface area contributed by atoms with E-state index in [2.05, 4.69) is 11.7 Å². The number of hydrogen-bond acceptors (Lipinski definition) is 4. The Hall–Kier alpha value is -1.14. The molecular weight excluding hydrogens is 138 g/mol. The third-order valence-electron chi connectivity index (χ3n) is 0.538. The highest BCUT2D eigenvalue weighted by molar-refractivity contribution is 5.64. The number of carbonyl (C=O) groups is 2. The molecule has 0 spiro atoms. The second-order valence-electron chi connectivity index (χ2n) is 1.19. The van der Waals surface area contributed by atoms with Gasteiger partial charge in [-0.15, -0.1) is 0 Å². The predicted molar refractivity (Wildman–Crippen MR) is 35.1 cm³/mol. The van der Waals surface area contributed by atoms with Crippen molar-refractivity contribution in [2.45, 2.75) is 6.42 Å². The monoisotopic (exact) mass is 149 g/mol. The topological polar surface area (TPSA) is 118 Å². The minimum absolute atomic E-state index is 0.207. The number of nitrogens with two attached hydrogens (primary N) is 2. The number of amides is 1. The van der Waals surface area contributed by atoms with Crippen LogP contribution in [0.15, 0.2) is 0 Å². The maximum atomic E-state index is 9.65. The summed E-state index contributed by atoms with van der Waals surface area (Å²) in [5, 5.41) is 9.94. The second-order valence-corrected chi connectivity index (χ2v) is 1.19. The van der Waals surface area contributed by atoms with Gasteiger partial charge in [0.05, 0.1) is 0 Å². The summed E-state index contributed by atoms with van der Waals surface area (Å²) in [5.74, 6) is 8.00. The summed E-state index contributed by atoms with van der Waals surface area (Å²) in [4.78, 5) is 19.2. The van der Waals surface area contributed by atoms with Crippen molar-refractivity contribution >= 4 is 12.4 Å². The molecule has 0 fully saturated rings. The molecule has 10 heavy (non-hydrogen) atoms. The second kappa shape index (κ2) is 10.8. The molecule has 6 nitrogen and oxygen atoms in total. The van der Waals surface area contributed by atoms with Gasteiger partial charge in [-0.25, -0.2) is 4.79 Å². The van der Waals surface area contributed by atoms with Crippen LogP contribution in [0.4, 0.5) is 4.79 Å². The molecule has 0 aromatic carbocycles. The van der Waals surface area contributed by atoms with Gasteiger partial charge in [0.25, 0.3) is 0 Å². The van der Waals surface area contributed by atoms with E-state index in [1.54, 1.807) is 0 Å². The first-order valence-electron chi connectivity index (χ1n) is 2.51. The van der Waals surface area contributed by atoms with Crippen molar-refractivity contribution in [3.8, 4) is 0 Å². The van der Waals surface area contributed by atoms with Crippen LogP contribution in [-0.2, 0) is 4.79 Å². The van der Waals surface area contributed by atoms with E-state index in [1.165, 1.54) is 0 Å². The number of rotatable bonds is 3. The van der Waals surface area contributed by atoms with Gasteiger partial charge in [-0.1, -0.05) is 0 Å². The van der Waals surface area contributed by atoms with Crippen LogP contribution in [0.2, 0.25) is 0 Å². The lowest BCUT2D eigenvalue weighted by molar-refractivity contribution is -0.107. The average molecular weight is 149 g/mol. The number of hydrazine groups is 1. The standard InChI is InChI=1S/C4H7NO3.H4N2/c6-3-1-2-5-4(7)8;1-2/h3,5H,1-2H2,(H,7,8);1-2H2. The lowest BCUT2D eigenvalue weighted by Crippen LogP contribution is -2.21. The molecule has 0 aliphatic carbocycles. The van der Waals surface area contributed by atoms with Crippen molar-refractivity contribution in [2.75, 3.05) is 6.54 Å². The van der Waals surface area contributed by atoms with Crippen molar-refractivity contribution < 1.29 is 14.7 Å². The van der Waals surface area contributed by atoms with Gasteiger partial charge in [0.2, 0.25) is 0 Å². The van der Waals surface area contributed by atoms with Crippen LogP contribution in [0, 0.1) is 0 Å². The fraction of sp³-hybridized carbons (Fsp3) is 0.500. The van der Waals surface area contributed by atoms with E-state index in [1.807, 2.05) is 5.32 Å². The summed E-state index contributed by atoms with van der Waals surface area (Å²) in [6, 6.07) is 0. The molecule has 0 heterocycles. The molecule has 0 aromatic heterocycles. The lowest BCUT2D eigenvalue weighted by Gasteiger charge is -1.91. The molecule has 1 amide bonds. The van der Waals surface area contributed by atoms with Crippen molar-refractivity contribution in [1.29, 1.82) is 0 Å². The summed E-state index contributed by atoms with van der Waals surface area (Å²) in [6.07, 6.45) is -0.186. The van der Waals surface area contributed by atoms with Crippen LogP contribution in [0.5, 0.6) is 0 Å². The van der Waals surface area contributed by atoms with E-state index >= 15 is 0 Å². The zero-order chi connectivity index (χ0) is 8.41. The Morgan fingerprint density at radius 1 is 1.60 bits per heavy atom. The molecular formula is C4H11N3O3. The Morgan fingerprint density at radius 3 is 2.40 bits per heavy atom. The molecule has 0 unspecified atom stereocenters. The molecule has 6 heteroatoms. The average Bonchev–Trinajstić information content (AvgIpc) is 1.92. The van der Waals surface area contributed by atoms with Crippen molar-refractivity contribution in [2.24, 2.45) is 11.7 Å². The molecule has 0 aromatic rings. The van der Waals surface area contributed by atoms with E-state index in [9.17, 15) is 9.59 Å². The van der Waals surface area contributed by atoms with Gasteiger partial charge in [0.15, 0.2) is 0 Å². The summed E-state index contributed by atoms with van der Waals surface area (Å²) in [6.45, 7) is 0.207. The number of carbonyl (C=O) groups excluding carboxylic acids is 1. The minimum atomic E-state index is -1.09. The Balaban J connectivity index is 0. The van der Waals surface area contributed by atoms with Crippen LogP contribution in [-0.4, -0.2) is 24.0 Å². The Morgan fingerprint density at radius 2 is 2.10 bits per heavy atom. The van der Waals surface area contributed by atoms with Gasteiger partial charge in [-0.2, -0.15) is 0 Å². The van der Waals surface area contributed by atoms with Crippen LogP contribution >= 0.6 is 0 Å². The Labute approximate surface area is 58.2 Å². The Bertz CT molecular complexity index is 95.7. The predicted octanol–water partition coefficient (Wildman–Crippen LogP) is -1.34. The molecule has 0 saturated heterocycles. The van der Waals surface area contributed by atoms with Crippen LogP contribution in [0.3, 0.4) is 0 Å². The van der Waals surface area contributed by atoms with E-state index in [0.717, 1.165) is 0 Å². The first-order valence-corrected chi connectivity index (χ1v) is 2.51. The van der Waals surface area contributed by atoms with Crippen LogP contribution in [0.25, 0.3) is 0 Å². The quantitative estimate of drug-likeness (QED) is 0.171. The van der Waals surface area contributed by atoms with Gasteiger partial charge >= 0.3 is 6.09 Å². The van der Waals surface area contributed by atoms with E-state index in [-0.39, 0.29) is 13.0 Å². The highest BCUT2D eigenvalue weighted by Gasteiger charge is 1.89. The van der Waals surface area contributed by atoms with Gasteiger partial charge in [0, 0.05) is 13.0 Å². The third kappa shape index (κ3) is 15.8. The van der Waals surface area contributed by atoms with Gasteiger partial charge in [0.1, 0.15) is 6.29 Å². The van der Waals surface area contributed by atoms with E-state index in [0.29, 0.717) is 6.29 Å². The van der Waals surface area contributed by atoms with Gasteiger partial charge in [-0.05, 0) is 0 Å². The summed E-state index contributed by atoms with van der Waals surface area (Å²) in [7, 11) is 0. The fourth-order valence-corrected chi connectivity index (χ4v) is 0.238. The van der Waals surface area contributed by atoms with E-state index in [4.69, 9.17) is 5.11 Å².